The fraction of sp³-hybridized carbons (Fsp3) is 0.318. The molecule has 1 aliphatic heterocycles. The first-order chi connectivity index (χ1) is 15.7. The Morgan fingerprint density at radius 1 is 1.21 bits per heavy atom. The highest BCUT2D eigenvalue weighted by atomic mass is 35.5. The number of anilines is 1. The summed E-state index contributed by atoms with van der Waals surface area (Å²) in [6.07, 6.45) is 1.17. The summed E-state index contributed by atoms with van der Waals surface area (Å²) in [6.45, 7) is 3.81. The number of hydrogen-bond donors (Lipinski definition) is 2. The molecule has 2 amide bonds. The molecule has 8 nitrogen and oxygen atoms in total. The predicted octanol–water partition coefficient (Wildman–Crippen LogP) is 4.22. The Hall–Kier alpha value is -3.04. The maximum absolute atomic E-state index is 14.4. The zero-order chi connectivity index (χ0) is 23.8. The maximum Gasteiger partial charge on any atom is 0.247 e. The van der Waals surface area contributed by atoms with Gasteiger partial charge in [0.25, 0.3) is 0 Å². The van der Waals surface area contributed by atoms with E-state index in [9.17, 15) is 14.0 Å². The molecule has 0 saturated carbocycles. The van der Waals surface area contributed by atoms with Gasteiger partial charge in [0.05, 0.1) is 16.1 Å². The van der Waals surface area contributed by atoms with Crippen molar-refractivity contribution in [2.45, 2.75) is 38.1 Å². The molecule has 172 valence electrons. The van der Waals surface area contributed by atoms with Crippen molar-refractivity contribution < 1.29 is 14.0 Å². The van der Waals surface area contributed by atoms with Crippen LogP contribution in [0.15, 0.2) is 36.4 Å². The highest BCUT2D eigenvalue weighted by molar-refractivity contribution is 6.35. The van der Waals surface area contributed by atoms with Crippen LogP contribution in [0.5, 0.6) is 0 Å². The average molecular weight is 491 g/mol. The van der Waals surface area contributed by atoms with Crippen LogP contribution in [0.3, 0.4) is 0 Å². The standard InChI is InChI=1S/C22H21Cl2FN6O2/c1-22(2,13-8-12(9-15(25)10-13)19-27-29-30-28-19)21(33)31-7-3-4-18(31)20(32)26-17-11-14(23)5-6-16(17)24/h5-6,8-11,18H,3-4,7H2,1-2H3,(H,26,32)(H,27,28,29,30). The van der Waals surface area contributed by atoms with Crippen LogP contribution in [0.2, 0.25) is 10.0 Å². The minimum Gasteiger partial charge on any atom is -0.330 e. The number of carbonyl (C=O) groups excluding carboxylic acids is 2. The molecule has 33 heavy (non-hydrogen) atoms. The van der Waals surface area contributed by atoms with E-state index in [0.717, 1.165) is 0 Å². The third-order valence-corrected chi connectivity index (χ3v) is 6.32. The van der Waals surface area contributed by atoms with Crippen LogP contribution < -0.4 is 5.32 Å². The predicted molar refractivity (Wildman–Crippen MR) is 122 cm³/mol. The highest BCUT2D eigenvalue weighted by Crippen LogP contribution is 2.33. The summed E-state index contributed by atoms with van der Waals surface area (Å²) < 4.78 is 14.4. The Morgan fingerprint density at radius 2 is 2.00 bits per heavy atom. The van der Waals surface area contributed by atoms with E-state index in [1.807, 2.05) is 0 Å². The normalized spacial score (nSPS) is 16.2. The number of benzene rings is 2. The van der Waals surface area contributed by atoms with Crippen LogP contribution in [0.1, 0.15) is 32.3 Å². The van der Waals surface area contributed by atoms with Gasteiger partial charge in [-0.05, 0) is 73.9 Å². The summed E-state index contributed by atoms with van der Waals surface area (Å²) in [5.41, 5.74) is 0.0988. The molecule has 11 heteroatoms. The molecule has 4 rings (SSSR count). The number of aromatic amines is 1. The molecule has 1 fully saturated rings. The Morgan fingerprint density at radius 3 is 2.73 bits per heavy atom. The van der Waals surface area contributed by atoms with Gasteiger partial charge in [-0.3, -0.25) is 9.59 Å². The number of halogens is 3. The largest absolute Gasteiger partial charge is 0.330 e. The lowest BCUT2D eigenvalue weighted by Gasteiger charge is -2.33. The van der Waals surface area contributed by atoms with E-state index in [0.29, 0.717) is 46.2 Å². The topological polar surface area (TPSA) is 104 Å². The Kier molecular flexibility index (Phi) is 6.36. The monoisotopic (exact) mass is 490 g/mol. The maximum atomic E-state index is 14.4. The SMILES string of the molecule is CC(C)(C(=O)N1CCCC1C(=O)Nc1cc(Cl)ccc1Cl)c1cc(F)cc(-c2nn[nH]n2)c1. The number of nitrogens with one attached hydrogen (secondary N) is 2. The molecule has 1 atom stereocenters. The van der Waals surface area contributed by atoms with E-state index >= 15 is 0 Å². The van der Waals surface area contributed by atoms with Gasteiger partial charge >= 0.3 is 0 Å². The molecular weight excluding hydrogens is 470 g/mol. The van der Waals surface area contributed by atoms with Gasteiger partial charge in [-0.15, -0.1) is 10.2 Å². The number of H-pyrrole nitrogens is 1. The second-order valence-corrected chi connectivity index (χ2v) is 9.20. The van der Waals surface area contributed by atoms with Crippen molar-refractivity contribution in [3.8, 4) is 11.4 Å². The van der Waals surface area contributed by atoms with E-state index < -0.39 is 17.3 Å². The van der Waals surface area contributed by atoms with Gasteiger partial charge in [0, 0.05) is 17.1 Å². The zero-order valence-electron chi connectivity index (χ0n) is 17.9. The second-order valence-electron chi connectivity index (χ2n) is 8.36. The van der Waals surface area contributed by atoms with Crippen LogP contribution in [-0.2, 0) is 15.0 Å². The van der Waals surface area contributed by atoms with E-state index in [-0.39, 0.29) is 17.6 Å². The summed E-state index contributed by atoms with van der Waals surface area (Å²) in [4.78, 5) is 28.2. The van der Waals surface area contributed by atoms with E-state index in [1.165, 1.54) is 17.0 Å². The van der Waals surface area contributed by atoms with Gasteiger partial charge in [-0.25, -0.2) is 4.39 Å². The number of tetrazole rings is 1. The fourth-order valence-corrected chi connectivity index (χ4v) is 4.27. The van der Waals surface area contributed by atoms with Crippen LogP contribution in [-0.4, -0.2) is 49.9 Å². The second kappa shape index (κ2) is 9.07. The molecule has 1 saturated heterocycles. The summed E-state index contributed by atoms with van der Waals surface area (Å²) in [5, 5.41) is 17.1. The van der Waals surface area contributed by atoms with Crippen LogP contribution in [0.25, 0.3) is 11.4 Å². The fourth-order valence-electron chi connectivity index (χ4n) is 3.94. The van der Waals surface area contributed by atoms with Gasteiger partial charge in [-0.2, -0.15) is 5.21 Å². The number of aromatic nitrogens is 4. The quantitative estimate of drug-likeness (QED) is 0.556. The first-order valence-electron chi connectivity index (χ1n) is 10.3. The number of carbonyl (C=O) groups is 2. The van der Waals surface area contributed by atoms with Crippen molar-refractivity contribution in [3.05, 3.63) is 57.8 Å². The number of nitrogens with zero attached hydrogens (tertiary/aromatic N) is 4. The number of amides is 2. The third kappa shape index (κ3) is 4.69. The molecular formula is C22H21Cl2FN6O2. The summed E-state index contributed by atoms with van der Waals surface area (Å²) in [6, 6.07) is 8.31. The van der Waals surface area contributed by atoms with Gasteiger partial charge < -0.3 is 10.2 Å². The Balaban J connectivity index is 1.58. The van der Waals surface area contributed by atoms with Gasteiger partial charge in [-0.1, -0.05) is 23.2 Å². The first-order valence-corrected chi connectivity index (χ1v) is 11.0. The third-order valence-electron chi connectivity index (χ3n) is 5.76. The molecule has 1 unspecified atom stereocenters. The van der Waals surface area contributed by atoms with Crippen molar-refractivity contribution >= 4 is 40.7 Å². The molecule has 0 spiro atoms. The smallest absolute Gasteiger partial charge is 0.247 e. The Labute approximate surface area is 199 Å². The minimum absolute atomic E-state index is 0.218. The first kappa shape index (κ1) is 23.1. The highest BCUT2D eigenvalue weighted by Gasteiger charge is 2.42. The van der Waals surface area contributed by atoms with Gasteiger partial charge in [0.15, 0.2) is 0 Å². The summed E-state index contributed by atoms with van der Waals surface area (Å²) in [7, 11) is 0. The number of rotatable bonds is 5. The zero-order valence-corrected chi connectivity index (χ0v) is 19.4. The molecule has 3 aromatic rings. The molecule has 2 heterocycles. The van der Waals surface area contributed by atoms with Crippen LogP contribution in [0.4, 0.5) is 10.1 Å². The summed E-state index contributed by atoms with van der Waals surface area (Å²) >= 11 is 12.2. The molecule has 0 aliphatic carbocycles. The molecule has 1 aromatic heterocycles. The average Bonchev–Trinajstić information content (AvgIpc) is 3.47. The van der Waals surface area contributed by atoms with Crippen molar-refractivity contribution in [2.24, 2.45) is 0 Å². The Bertz CT molecular complexity index is 1200. The van der Waals surface area contributed by atoms with Gasteiger partial charge in [0.2, 0.25) is 17.6 Å². The van der Waals surface area contributed by atoms with E-state index in [4.69, 9.17) is 23.2 Å². The lowest BCUT2D eigenvalue weighted by molar-refractivity contribution is -0.140. The summed E-state index contributed by atoms with van der Waals surface area (Å²) in [5.74, 6) is -0.954. The van der Waals surface area contributed by atoms with Crippen LogP contribution >= 0.6 is 23.2 Å². The molecule has 0 radical (unpaired) electrons. The van der Waals surface area contributed by atoms with Crippen LogP contribution in [0, 0.1) is 5.82 Å². The van der Waals surface area contributed by atoms with E-state index in [2.05, 4.69) is 25.9 Å². The lowest BCUT2D eigenvalue weighted by Crippen LogP contribution is -2.49. The van der Waals surface area contributed by atoms with E-state index in [1.54, 1.807) is 38.1 Å². The molecule has 0 bridgehead atoms. The molecule has 2 N–H and O–H groups in total. The molecule has 2 aromatic carbocycles. The van der Waals surface area contributed by atoms with Crippen molar-refractivity contribution in [1.82, 2.24) is 25.5 Å². The van der Waals surface area contributed by atoms with Crippen molar-refractivity contribution in [3.63, 3.8) is 0 Å². The minimum atomic E-state index is -1.11. The molecule has 1 aliphatic rings. The number of hydrogen-bond acceptors (Lipinski definition) is 5. The number of likely N-dealkylation sites (tertiary alicyclic amines) is 1. The lowest BCUT2D eigenvalue weighted by atomic mass is 9.82. The van der Waals surface area contributed by atoms with Crippen molar-refractivity contribution in [1.29, 1.82) is 0 Å². The van der Waals surface area contributed by atoms with Gasteiger partial charge in [0.1, 0.15) is 11.9 Å². The van der Waals surface area contributed by atoms with Crippen molar-refractivity contribution in [2.75, 3.05) is 11.9 Å².